The van der Waals surface area contributed by atoms with Crippen LogP contribution in [-0.2, 0) is 11.2 Å². The summed E-state index contributed by atoms with van der Waals surface area (Å²) < 4.78 is 10.9. The molecule has 3 rings (SSSR count). The quantitative estimate of drug-likeness (QED) is 0.862. The molecule has 1 aliphatic rings. The zero-order valence-corrected chi connectivity index (χ0v) is 9.37. The first-order chi connectivity index (χ1) is 8.36. The Morgan fingerprint density at radius 2 is 2.06 bits per heavy atom. The fraction of sp³-hybridized carbons (Fsp3) is 0.286. The lowest BCUT2D eigenvalue weighted by Crippen LogP contribution is -2.21. The number of aliphatic hydroxyl groups is 1. The Kier molecular flexibility index (Phi) is 2.71. The van der Waals surface area contributed by atoms with Crippen LogP contribution < -0.4 is 0 Å². The monoisotopic (exact) mass is 230 g/mol. The lowest BCUT2D eigenvalue weighted by Gasteiger charge is -2.28. The van der Waals surface area contributed by atoms with E-state index in [-0.39, 0.29) is 6.10 Å². The minimum Gasteiger partial charge on any atom is -0.466 e. The molecule has 2 unspecified atom stereocenters. The first-order valence-corrected chi connectivity index (χ1v) is 5.77. The van der Waals surface area contributed by atoms with Gasteiger partial charge in [0.2, 0.25) is 0 Å². The molecule has 88 valence electrons. The van der Waals surface area contributed by atoms with Crippen LogP contribution in [0.25, 0.3) is 0 Å². The Morgan fingerprint density at radius 1 is 1.18 bits per heavy atom. The van der Waals surface area contributed by atoms with Gasteiger partial charge in [-0.15, -0.1) is 0 Å². The molecule has 0 spiro atoms. The minimum atomic E-state index is -0.744. The highest BCUT2D eigenvalue weighted by atomic mass is 16.5. The number of hydrogen-bond acceptors (Lipinski definition) is 3. The smallest absolute Gasteiger partial charge is 0.142 e. The number of ether oxygens (including phenoxy) is 1. The Hall–Kier alpha value is -1.58. The maximum Gasteiger partial charge on any atom is 0.142 e. The van der Waals surface area contributed by atoms with Crippen molar-refractivity contribution in [3.8, 4) is 0 Å². The van der Waals surface area contributed by atoms with Crippen molar-refractivity contribution in [3.63, 3.8) is 0 Å². The van der Waals surface area contributed by atoms with Gasteiger partial charge in [0.05, 0.1) is 12.9 Å². The maximum atomic E-state index is 10.3. The maximum absolute atomic E-state index is 10.3. The van der Waals surface area contributed by atoms with Gasteiger partial charge in [0, 0.05) is 0 Å². The molecule has 3 heteroatoms. The summed E-state index contributed by atoms with van der Waals surface area (Å²) in [6.07, 6.45) is 1.39. The predicted molar refractivity (Wildman–Crippen MR) is 62.5 cm³/mol. The summed E-state index contributed by atoms with van der Waals surface area (Å²) in [6, 6.07) is 11.6. The summed E-state index contributed by atoms with van der Waals surface area (Å²) in [6.45, 7) is 0.638. The van der Waals surface area contributed by atoms with E-state index in [1.54, 1.807) is 18.4 Å². The molecular formula is C14H14O3. The van der Waals surface area contributed by atoms with Crippen molar-refractivity contribution in [2.45, 2.75) is 18.6 Å². The third-order valence-corrected chi connectivity index (χ3v) is 3.15. The van der Waals surface area contributed by atoms with Gasteiger partial charge in [-0.3, -0.25) is 0 Å². The van der Waals surface area contributed by atoms with Crippen molar-refractivity contribution in [1.29, 1.82) is 0 Å². The number of hydrogen-bond donors (Lipinski definition) is 1. The molecule has 1 N–H and O–H groups in total. The summed E-state index contributed by atoms with van der Waals surface area (Å²) in [5, 5.41) is 10.3. The zero-order chi connectivity index (χ0) is 11.7. The van der Waals surface area contributed by atoms with Gasteiger partial charge in [0.25, 0.3) is 0 Å². The van der Waals surface area contributed by atoms with Crippen molar-refractivity contribution in [2.75, 3.05) is 6.61 Å². The molecule has 0 radical (unpaired) electrons. The van der Waals surface area contributed by atoms with E-state index in [1.165, 1.54) is 5.56 Å². The number of benzene rings is 1. The van der Waals surface area contributed by atoms with E-state index in [9.17, 15) is 5.11 Å². The average molecular weight is 230 g/mol. The van der Waals surface area contributed by atoms with Gasteiger partial charge in [0.15, 0.2) is 0 Å². The second kappa shape index (κ2) is 4.35. The highest BCUT2D eigenvalue weighted by Crippen LogP contribution is 2.36. The zero-order valence-electron chi connectivity index (χ0n) is 9.37. The van der Waals surface area contributed by atoms with Crippen LogP contribution in [0.2, 0.25) is 0 Å². The molecule has 0 aliphatic carbocycles. The fourth-order valence-electron chi connectivity index (χ4n) is 2.30. The molecule has 2 heterocycles. The Morgan fingerprint density at radius 3 is 2.88 bits per heavy atom. The summed E-state index contributed by atoms with van der Waals surface area (Å²) in [4.78, 5) is 0. The molecule has 2 atom stereocenters. The fourth-order valence-corrected chi connectivity index (χ4v) is 2.30. The van der Waals surface area contributed by atoms with E-state index >= 15 is 0 Å². The van der Waals surface area contributed by atoms with Crippen LogP contribution in [0.4, 0.5) is 0 Å². The van der Waals surface area contributed by atoms with Crippen LogP contribution in [0.15, 0.2) is 47.1 Å². The van der Waals surface area contributed by atoms with Crippen molar-refractivity contribution in [3.05, 3.63) is 59.5 Å². The summed E-state index contributed by atoms with van der Waals surface area (Å²) in [7, 11) is 0. The lowest BCUT2D eigenvalue weighted by molar-refractivity contribution is -0.0562. The van der Waals surface area contributed by atoms with Crippen LogP contribution in [0, 0.1) is 0 Å². The Bertz CT molecular complexity index is 490. The third kappa shape index (κ3) is 1.88. The van der Waals surface area contributed by atoms with Gasteiger partial charge in [-0.2, -0.15) is 0 Å². The number of rotatable bonds is 2. The van der Waals surface area contributed by atoms with Gasteiger partial charge in [-0.25, -0.2) is 0 Å². The first kappa shape index (κ1) is 10.6. The predicted octanol–water partition coefficient (Wildman–Crippen LogP) is 2.63. The van der Waals surface area contributed by atoms with Crippen LogP contribution in [-0.4, -0.2) is 11.7 Å². The van der Waals surface area contributed by atoms with Crippen LogP contribution in [0.5, 0.6) is 0 Å². The van der Waals surface area contributed by atoms with E-state index in [4.69, 9.17) is 9.15 Å². The Labute approximate surface area is 99.6 Å². The number of fused-ring (bicyclic) bond motifs is 1. The van der Waals surface area contributed by atoms with Crippen molar-refractivity contribution >= 4 is 0 Å². The van der Waals surface area contributed by atoms with Crippen molar-refractivity contribution in [2.24, 2.45) is 0 Å². The molecule has 2 aromatic rings. The summed E-state index contributed by atoms with van der Waals surface area (Å²) in [5.74, 6) is 0.548. The SMILES string of the molecule is OC(c1ccco1)C1OCCc2ccccc21. The molecule has 1 aromatic carbocycles. The molecule has 0 bridgehead atoms. The summed E-state index contributed by atoms with van der Waals surface area (Å²) >= 11 is 0. The molecule has 0 saturated heterocycles. The van der Waals surface area contributed by atoms with Crippen molar-refractivity contribution < 1.29 is 14.3 Å². The highest BCUT2D eigenvalue weighted by Gasteiger charge is 2.29. The second-order valence-corrected chi connectivity index (χ2v) is 4.20. The van der Waals surface area contributed by atoms with Crippen LogP contribution in [0.1, 0.15) is 29.1 Å². The highest BCUT2D eigenvalue weighted by molar-refractivity contribution is 5.32. The molecule has 17 heavy (non-hydrogen) atoms. The third-order valence-electron chi connectivity index (χ3n) is 3.15. The lowest BCUT2D eigenvalue weighted by atomic mass is 9.93. The van der Waals surface area contributed by atoms with E-state index in [0.29, 0.717) is 12.4 Å². The van der Waals surface area contributed by atoms with Crippen molar-refractivity contribution in [1.82, 2.24) is 0 Å². The van der Waals surface area contributed by atoms with Gasteiger partial charge in [-0.05, 0) is 29.7 Å². The second-order valence-electron chi connectivity index (χ2n) is 4.20. The van der Waals surface area contributed by atoms with E-state index < -0.39 is 6.10 Å². The van der Waals surface area contributed by atoms with Crippen LogP contribution in [0.3, 0.4) is 0 Å². The Balaban J connectivity index is 1.95. The molecule has 1 aromatic heterocycles. The van der Waals surface area contributed by atoms with E-state index in [2.05, 4.69) is 6.07 Å². The molecule has 0 amide bonds. The topological polar surface area (TPSA) is 42.6 Å². The van der Waals surface area contributed by atoms with Crippen LogP contribution >= 0.6 is 0 Å². The molecular weight excluding hydrogens is 216 g/mol. The standard InChI is InChI=1S/C14H14O3/c15-13(12-6-3-8-16-12)14-11-5-2-1-4-10(11)7-9-17-14/h1-6,8,13-15H,7,9H2. The first-order valence-electron chi connectivity index (χ1n) is 5.77. The molecule has 1 aliphatic heterocycles. The average Bonchev–Trinajstić information content (AvgIpc) is 2.91. The van der Waals surface area contributed by atoms with Gasteiger partial charge in [0.1, 0.15) is 18.0 Å². The molecule has 0 fully saturated rings. The number of aliphatic hydroxyl groups excluding tert-OH is 1. The minimum absolute atomic E-state index is 0.328. The normalized spacial score (nSPS) is 20.9. The molecule has 0 saturated carbocycles. The van der Waals surface area contributed by atoms with Gasteiger partial charge < -0.3 is 14.3 Å². The van der Waals surface area contributed by atoms with Gasteiger partial charge >= 0.3 is 0 Å². The molecule has 3 nitrogen and oxygen atoms in total. The number of furan rings is 1. The van der Waals surface area contributed by atoms with Gasteiger partial charge in [-0.1, -0.05) is 24.3 Å². The van der Waals surface area contributed by atoms with E-state index in [1.807, 2.05) is 18.2 Å². The summed E-state index contributed by atoms with van der Waals surface area (Å²) in [5.41, 5.74) is 2.30. The largest absolute Gasteiger partial charge is 0.466 e. The van der Waals surface area contributed by atoms with E-state index in [0.717, 1.165) is 12.0 Å².